The summed E-state index contributed by atoms with van der Waals surface area (Å²) in [5.74, 6) is 1.69. The van der Waals surface area contributed by atoms with E-state index in [0.717, 1.165) is 28.8 Å². The molecule has 6 heteroatoms. The number of aromatic nitrogens is 1. The van der Waals surface area contributed by atoms with Crippen molar-refractivity contribution in [1.29, 1.82) is 0 Å². The smallest absolute Gasteiger partial charge is 0.191 e. The van der Waals surface area contributed by atoms with Crippen molar-refractivity contribution >= 4 is 17.3 Å². The molecule has 130 valence electrons. The molecule has 2 rings (SSSR count). The zero-order valence-electron chi connectivity index (χ0n) is 14.8. The van der Waals surface area contributed by atoms with Crippen LogP contribution in [0, 0.1) is 6.92 Å². The topological polar surface area (TPSA) is 58.5 Å². The maximum atomic E-state index is 5.66. The Morgan fingerprint density at radius 1 is 1.25 bits per heavy atom. The number of nitrogens with one attached hydrogen (secondary N) is 2. The van der Waals surface area contributed by atoms with E-state index in [0.29, 0.717) is 13.1 Å². The first-order valence-electron chi connectivity index (χ1n) is 8.26. The maximum absolute atomic E-state index is 5.66. The summed E-state index contributed by atoms with van der Waals surface area (Å²) in [6.45, 7) is 10.3. The lowest BCUT2D eigenvalue weighted by atomic mass is 10.2. The number of benzene rings is 1. The summed E-state index contributed by atoms with van der Waals surface area (Å²) < 4.78 is 5.66. The van der Waals surface area contributed by atoms with E-state index in [1.165, 1.54) is 4.88 Å². The van der Waals surface area contributed by atoms with Crippen molar-refractivity contribution in [3.8, 4) is 5.75 Å². The summed E-state index contributed by atoms with van der Waals surface area (Å²) in [6.07, 6.45) is 2.08. The monoisotopic (exact) mass is 346 g/mol. The van der Waals surface area contributed by atoms with Crippen LogP contribution < -0.4 is 15.4 Å². The SMILES string of the molecule is CCNC(=NCc1ccc(OC(C)C)cc1)NCc1ncc(C)s1. The van der Waals surface area contributed by atoms with Gasteiger partial charge >= 0.3 is 0 Å². The first kappa shape index (κ1) is 18.3. The highest BCUT2D eigenvalue weighted by atomic mass is 32.1. The van der Waals surface area contributed by atoms with Crippen LogP contribution in [0.4, 0.5) is 0 Å². The van der Waals surface area contributed by atoms with Gasteiger partial charge < -0.3 is 15.4 Å². The van der Waals surface area contributed by atoms with Crippen molar-refractivity contribution in [2.45, 2.75) is 46.9 Å². The Bertz CT molecular complexity index is 649. The third-order valence-electron chi connectivity index (χ3n) is 3.14. The zero-order valence-corrected chi connectivity index (χ0v) is 15.6. The Morgan fingerprint density at radius 3 is 2.58 bits per heavy atom. The quantitative estimate of drug-likeness (QED) is 0.595. The van der Waals surface area contributed by atoms with Crippen molar-refractivity contribution < 1.29 is 4.74 Å². The minimum absolute atomic E-state index is 0.188. The second-order valence-electron chi connectivity index (χ2n) is 5.72. The van der Waals surface area contributed by atoms with Crippen molar-refractivity contribution in [3.63, 3.8) is 0 Å². The minimum Gasteiger partial charge on any atom is -0.491 e. The number of rotatable bonds is 7. The molecule has 2 aromatic rings. The molecule has 0 radical (unpaired) electrons. The van der Waals surface area contributed by atoms with Crippen LogP contribution in [0.3, 0.4) is 0 Å². The van der Waals surface area contributed by atoms with Crippen molar-refractivity contribution in [2.24, 2.45) is 4.99 Å². The third-order valence-corrected chi connectivity index (χ3v) is 4.05. The van der Waals surface area contributed by atoms with Gasteiger partial charge in [-0.1, -0.05) is 12.1 Å². The van der Waals surface area contributed by atoms with E-state index in [-0.39, 0.29) is 6.10 Å². The number of ether oxygens (including phenoxy) is 1. The van der Waals surface area contributed by atoms with Gasteiger partial charge in [0.15, 0.2) is 5.96 Å². The van der Waals surface area contributed by atoms with Crippen LogP contribution in [0.25, 0.3) is 0 Å². The Balaban J connectivity index is 1.92. The number of thiazole rings is 1. The van der Waals surface area contributed by atoms with Gasteiger partial charge in [0.05, 0.1) is 19.2 Å². The lowest BCUT2D eigenvalue weighted by Gasteiger charge is -2.11. The van der Waals surface area contributed by atoms with E-state index >= 15 is 0 Å². The van der Waals surface area contributed by atoms with Gasteiger partial charge in [-0.05, 0) is 45.4 Å². The van der Waals surface area contributed by atoms with Gasteiger partial charge in [0, 0.05) is 17.6 Å². The molecule has 2 N–H and O–H groups in total. The zero-order chi connectivity index (χ0) is 17.4. The van der Waals surface area contributed by atoms with E-state index in [9.17, 15) is 0 Å². The van der Waals surface area contributed by atoms with Gasteiger partial charge in [-0.15, -0.1) is 11.3 Å². The van der Waals surface area contributed by atoms with Crippen LogP contribution in [0.1, 0.15) is 36.2 Å². The van der Waals surface area contributed by atoms with E-state index in [1.54, 1.807) is 11.3 Å². The molecule has 1 aromatic heterocycles. The average molecular weight is 347 g/mol. The second kappa shape index (κ2) is 9.27. The fourth-order valence-electron chi connectivity index (χ4n) is 2.10. The lowest BCUT2D eigenvalue weighted by molar-refractivity contribution is 0.242. The summed E-state index contributed by atoms with van der Waals surface area (Å²) in [5.41, 5.74) is 1.15. The van der Waals surface area contributed by atoms with Crippen molar-refractivity contribution in [2.75, 3.05) is 6.54 Å². The highest BCUT2D eigenvalue weighted by Gasteiger charge is 2.02. The number of aliphatic imine (C=N–C) groups is 1. The summed E-state index contributed by atoms with van der Waals surface area (Å²) >= 11 is 1.70. The fraction of sp³-hybridized carbons (Fsp3) is 0.444. The number of hydrogen-bond donors (Lipinski definition) is 2. The normalized spacial score (nSPS) is 11.6. The van der Waals surface area contributed by atoms with Gasteiger partial charge in [-0.2, -0.15) is 0 Å². The van der Waals surface area contributed by atoms with Crippen LogP contribution >= 0.6 is 11.3 Å². The van der Waals surface area contributed by atoms with E-state index in [4.69, 9.17) is 4.74 Å². The van der Waals surface area contributed by atoms with Gasteiger partial charge in [-0.25, -0.2) is 9.98 Å². The number of nitrogens with zero attached hydrogens (tertiary/aromatic N) is 2. The largest absolute Gasteiger partial charge is 0.491 e. The van der Waals surface area contributed by atoms with Crippen LogP contribution in [-0.4, -0.2) is 23.6 Å². The summed E-state index contributed by atoms with van der Waals surface area (Å²) in [6, 6.07) is 8.08. The molecule has 0 spiro atoms. The number of guanidine groups is 1. The maximum Gasteiger partial charge on any atom is 0.191 e. The summed E-state index contributed by atoms with van der Waals surface area (Å²) in [5, 5.41) is 7.64. The summed E-state index contributed by atoms with van der Waals surface area (Å²) in [4.78, 5) is 10.2. The molecule has 0 unspecified atom stereocenters. The molecule has 0 bridgehead atoms. The molecular weight excluding hydrogens is 320 g/mol. The number of hydrogen-bond acceptors (Lipinski definition) is 4. The Morgan fingerprint density at radius 2 is 2.00 bits per heavy atom. The predicted molar refractivity (Wildman–Crippen MR) is 101 cm³/mol. The van der Waals surface area contributed by atoms with Crippen LogP contribution in [-0.2, 0) is 13.1 Å². The summed E-state index contributed by atoms with van der Waals surface area (Å²) in [7, 11) is 0. The molecule has 24 heavy (non-hydrogen) atoms. The van der Waals surface area contributed by atoms with Crippen LogP contribution in [0.15, 0.2) is 35.5 Å². The molecular formula is C18H26N4OS. The molecule has 0 atom stereocenters. The highest BCUT2D eigenvalue weighted by Crippen LogP contribution is 2.14. The van der Waals surface area contributed by atoms with Gasteiger partial charge in [0.25, 0.3) is 0 Å². The van der Waals surface area contributed by atoms with Crippen molar-refractivity contribution in [1.82, 2.24) is 15.6 Å². The van der Waals surface area contributed by atoms with Crippen LogP contribution in [0.2, 0.25) is 0 Å². The molecule has 0 amide bonds. The molecule has 1 heterocycles. The van der Waals surface area contributed by atoms with Crippen molar-refractivity contribution in [3.05, 3.63) is 45.9 Å². The molecule has 0 aliphatic rings. The van der Waals surface area contributed by atoms with E-state index < -0.39 is 0 Å². The Hall–Kier alpha value is -2.08. The van der Waals surface area contributed by atoms with Gasteiger partial charge in [-0.3, -0.25) is 0 Å². The minimum atomic E-state index is 0.188. The second-order valence-corrected chi connectivity index (χ2v) is 7.04. The predicted octanol–water partition coefficient (Wildman–Crippen LogP) is 3.49. The highest BCUT2D eigenvalue weighted by molar-refractivity contribution is 7.11. The molecule has 0 fully saturated rings. The molecule has 5 nitrogen and oxygen atoms in total. The molecule has 0 saturated heterocycles. The molecule has 0 aliphatic carbocycles. The molecule has 1 aromatic carbocycles. The first-order chi connectivity index (χ1) is 11.6. The molecule has 0 saturated carbocycles. The number of aryl methyl sites for hydroxylation is 1. The van der Waals surface area contributed by atoms with E-state index in [1.807, 2.05) is 32.2 Å². The molecule has 0 aliphatic heterocycles. The first-order valence-corrected chi connectivity index (χ1v) is 9.07. The Labute approximate surface area is 148 Å². The Kier molecular flexibility index (Phi) is 7.06. The fourth-order valence-corrected chi connectivity index (χ4v) is 2.83. The van der Waals surface area contributed by atoms with Crippen LogP contribution in [0.5, 0.6) is 5.75 Å². The van der Waals surface area contributed by atoms with Gasteiger partial charge in [0.1, 0.15) is 10.8 Å². The third kappa shape index (κ3) is 6.20. The lowest BCUT2D eigenvalue weighted by Crippen LogP contribution is -2.36. The standard InChI is InChI=1S/C18H26N4OS/c1-5-19-18(22-12-17-20-10-14(4)24-17)21-11-15-6-8-16(9-7-15)23-13(2)3/h6-10,13H,5,11-12H2,1-4H3,(H2,19,21,22). The van der Waals surface area contributed by atoms with E-state index in [2.05, 4.69) is 46.6 Å². The average Bonchev–Trinajstić information content (AvgIpc) is 2.96. The van der Waals surface area contributed by atoms with Gasteiger partial charge in [0.2, 0.25) is 0 Å².